The van der Waals surface area contributed by atoms with E-state index in [0.29, 0.717) is 44.1 Å². The normalized spacial score (nSPS) is 15.7. The van der Waals surface area contributed by atoms with Gasteiger partial charge in [-0.15, -0.1) is 0 Å². The summed E-state index contributed by atoms with van der Waals surface area (Å²) in [6.45, 7) is 18.4. The minimum absolute atomic E-state index is 0.356. The van der Waals surface area contributed by atoms with Gasteiger partial charge in [0, 0.05) is 50.5 Å². The highest BCUT2D eigenvalue weighted by molar-refractivity contribution is 5.62. The predicted molar refractivity (Wildman–Crippen MR) is 143 cm³/mol. The number of halogens is 3. The van der Waals surface area contributed by atoms with Gasteiger partial charge in [0.05, 0.1) is 25.3 Å². The average Bonchev–Trinajstić information content (AvgIpc) is 2.92. The number of ether oxygens (including phenoxy) is 1. The maximum atomic E-state index is 13.3. The molecule has 2 aromatic carbocycles. The van der Waals surface area contributed by atoms with Crippen molar-refractivity contribution in [1.29, 1.82) is 0 Å². The zero-order valence-electron chi connectivity index (χ0n) is 22.2. The van der Waals surface area contributed by atoms with Gasteiger partial charge in [-0.3, -0.25) is 4.90 Å². The molecule has 0 bridgehead atoms. The monoisotopic (exact) mass is 516 g/mol. The van der Waals surface area contributed by atoms with E-state index >= 15 is 0 Å². The van der Waals surface area contributed by atoms with E-state index in [9.17, 15) is 13.2 Å². The summed E-state index contributed by atoms with van der Waals surface area (Å²) in [7, 11) is 0. The van der Waals surface area contributed by atoms with Crippen LogP contribution in [0.4, 0.5) is 24.5 Å². The van der Waals surface area contributed by atoms with Crippen LogP contribution in [0.1, 0.15) is 62.8 Å². The third-order valence-electron chi connectivity index (χ3n) is 7.18. The number of benzene rings is 2. The van der Waals surface area contributed by atoms with E-state index in [0.717, 1.165) is 50.5 Å². The molecule has 0 spiro atoms. The second kappa shape index (κ2) is 13.8. The number of anilines is 1. The van der Waals surface area contributed by atoms with Crippen molar-refractivity contribution < 1.29 is 17.9 Å². The second-order valence-corrected chi connectivity index (χ2v) is 9.57. The third kappa shape index (κ3) is 8.19. The summed E-state index contributed by atoms with van der Waals surface area (Å²) in [6, 6.07) is 13.5. The molecule has 202 valence electrons. The predicted octanol–water partition coefficient (Wildman–Crippen LogP) is 6.82. The Morgan fingerprint density at radius 1 is 0.973 bits per heavy atom. The Bertz CT molecular complexity index is 1010. The fourth-order valence-electron chi connectivity index (χ4n) is 4.76. The van der Waals surface area contributed by atoms with E-state index in [1.807, 2.05) is 4.90 Å². The van der Waals surface area contributed by atoms with Crippen LogP contribution in [-0.4, -0.2) is 50.3 Å². The third-order valence-corrected chi connectivity index (χ3v) is 7.18. The minimum Gasteiger partial charge on any atom is -0.375 e. The molecule has 5 nitrogen and oxygen atoms in total. The maximum absolute atomic E-state index is 13.3. The largest absolute Gasteiger partial charge is 0.407 e. The maximum Gasteiger partial charge on any atom is 0.407 e. The fraction of sp³-hybridized carbons (Fsp3) is 0.552. The molecule has 1 N–H and O–H groups in total. The first kappa shape index (κ1) is 29.0. The molecule has 1 aliphatic heterocycles. The smallest absolute Gasteiger partial charge is 0.375 e. The molecule has 1 unspecified atom stereocenters. The number of hydrogen-bond acceptors (Lipinski definition) is 4. The molecule has 1 atom stereocenters. The van der Waals surface area contributed by atoms with Crippen LogP contribution in [0.3, 0.4) is 0 Å². The van der Waals surface area contributed by atoms with Gasteiger partial charge in [-0.05, 0) is 42.5 Å². The van der Waals surface area contributed by atoms with Crippen LogP contribution >= 0.6 is 0 Å². The number of rotatable bonds is 12. The van der Waals surface area contributed by atoms with Gasteiger partial charge in [0.1, 0.15) is 0 Å². The molecular weight excluding hydrogens is 477 g/mol. The summed E-state index contributed by atoms with van der Waals surface area (Å²) in [5, 5.41) is 3.75. The molecule has 0 aliphatic carbocycles. The van der Waals surface area contributed by atoms with Crippen molar-refractivity contribution in [3.63, 3.8) is 0 Å². The Kier molecular flexibility index (Phi) is 10.8. The van der Waals surface area contributed by atoms with Crippen molar-refractivity contribution in [3.8, 4) is 0 Å². The number of nitrogens with one attached hydrogen (secondary N) is 1. The molecule has 1 aliphatic rings. The lowest BCUT2D eigenvalue weighted by Crippen LogP contribution is -2.47. The van der Waals surface area contributed by atoms with Crippen molar-refractivity contribution in [2.45, 2.75) is 64.9 Å². The molecule has 8 heteroatoms. The van der Waals surface area contributed by atoms with Gasteiger partial charge in [0.15, 0.2) is 5.69 Å². The molecule has 0 saturated carbocycles. The van der Waals surface area contributed by atoms with Crippen LogP contribution in [0.15, 0.2) is 42.5 Å². The summed E-state index contributed by atoms with van der Waals surface area (Å²) < 4.78 is 45.8. The molecule has 3 rings (SSSR count). The molecule has 0 radical (unpaired) electrons. The highest BCUT2D eigenvalue weighted by Gasteiger charge is 2.34. The number of alkyl halides is 3. The fourth-order valence-corrected chi connectivity index (χ4v) is 4.76. The van der Waals surface area contributed by atoms with E-state index in [4.69, 9.17) is 11.3 Å². The first-order chi connectivity index (χ1) is 17.8. The van der Waals surface area contributed by atoms with Gasteiger partial charge in [-0.1, -0.05) is 51.1 Å². The Morgan fingerprint density at radius 2 is 1.65 bits per heavy atom. The first-order valence-electron chi connectivity index (χ1n) is 13.3. The zero-order chi connectivity index (χ0) is 26.8. The highest BCUT2D eigenvalue weighted by atomic mass is 19.4. The van der Waals surface area contributed by atoms with Crippen LogP contribution in [0.2, 0.25) is 0 Å². The molecule has 0 aromatic heterocycles. The van der Waals surface area contributed by atoms with Crippen molar-refractivity contribution in [2.24, 2.45) is 0 Å². The van der Waals surface area contributed by atoms with Gasteiger partial charge in [0.2, 0.25) is 0 Å². The summed E-state index contributed by atoms with van der Waals surface area (Å²) in [5.41, 5.74) is 1.75. The SMILES string of the molecule is [C-]#[N+]c1ccc(N2CCN(CCOCc3ccc(C(CC)NC(CC)CC)cc3)CC2)cc1C(F)(F)F. The van der Waals surface area contributed by atoms with Crippen molar-refractivity contribution in [3.05, 3.63) is 70.6 Å². The van der Waals surface area contributed by atoms with Gasteiger partial charge in [0.25, 0.3) is 0 Å². The van der Waals surface area contributed by atoms with E-state index in [1.165, 1.54) is 11.6 Å². The molecule has 1 saturated heterocycles. The molecule has 0 amide bonds. The summed E-state index contributed by atoms with van der Waals surface area (Å²) >= 11 is 0. The van der Waals surface area contributed by atoms with Gasteiger partial charge >= 0.3 is 6.18 Å². The Morgan fingerprint density at radius 3 is 2.22 bits per heavy atom. The quantitative estimate of drug-likeness (QED) is 0.248. The number of hydrogen-bond donors (Lipinski definition) is 1. The lowest BCUT2D eigenvalue weighted by molar-refractivity contribution is -0.136. The molecule has 37 heavy (non-hydrogen) atoms. The molecule has 2 aromatic rings. The van der Waals surface area contributed by atoms with Crippen LogP contribution in [0, 0.1) is 6.57 Å². The van der Waals surface area contributed by atoms with E-state index in [2.05, 4.69) is 60.1 Å². The lowest BCUT2D eigenvalue weighted by atomic mass is 10.0. The summed E-state index contributed by atoms with van der Waals surface area (Å²) in [5.74, 6) is 0. The summed E-state index contributed by atoms with van der Waals surface area (Å²) in [4.78, 5) is 7.24. The minimum atomic E-state index is -4.53. The van der Waals surface area contributed by atoms with Gasteiger partial charge in [-0.25, -0.2) is 4.85 Å². The van der Waals surface area contributed by atoms with Gasteiger partial charge < -0.3 is 15.0 Å². The van der Waals surface area contributed by atoms with Crippen LogP contribution < -0.4 is 10.2 Å². The van der Waals surface area contributed by atoms with E-state index < -0.39 is 11.7 Å². The van der Waals surface area contributed by atoms with Crippen LogP contribution in [0.5, 0.6) is 0 Å². The lowest BCUT2D eigenvalue weighted by Gasteiger charge is -2.36. The van der Waals surface area contributed by atoms with E-state index in [-0.39, 0.29) is 5.69 Å². The number of piperazine rings is 1. The van der Waals surface area contributed by atoms with Gasteiger partial charge in [-0.2, -0.15) is 13.2 Å². The Labute approximate surface area is 219 Å². The average molecular weight is 517 g/mol. The van der Waals surface area contributed by atoms with Crippen LogP contribution in [0.25, 0.3) is 4.85 Å². The van der Waals surface area contributed by atoms with Crippen LogP contribution in [-0.2, 0) is 17.5 Å². The first-order valence-corrected chi connectivity index (χ1v) is 13.3. The van der Waals surface area contributed by atoms with E-state index in [1.54, 1.807) is 6.07 Å². The van der Waals surface area contributed by atoms with Crippen molar-refractivity contribution >= 4 is 11.4 Å². The number of nitrogens with zero attached hydrogens (tertiary/aromatic N) is 3. The standard InChI is InChI=1S/C29H39F3N4O/c1-5-24(6-2)34-27(7-3)23-10-8-22(9-11-23)21-37-19-18-35-14-16-36(17-15-35)25-12-13-28(33-4)26(20-25)29(30,31)32/h8-13,20,24,27,34H,5-7,14-19,21H2,1-3H3. The summed E-state index contributed by atoms with van der Waals surface area (Å²) in [6.07, 6.45) is -1.22. The molecular formula is C29H39F3N4O. The topological polar surface area (TPSA) is 32.1 Å². The Hall–Kier alpha value is -2.60. The molecule has 1 fully saturated rings. The Balaban J connectivity index is 1.42. The van der Waals surface area contributed by atoms with Crippen molar-refractivity contribution in [2.75, 3.05) is 44.2 Å². The zero-order valence-corrected chi connectivity index (χ0v) is 22.2. The second-order valence-electron chi connectivity index (χ2n) is 9.57. The molecule has 1 heterocycles. The van der Waals surface area contributed by atoms with Crippen molar-refractivity contribution in [1.82, 2.24) is 10.2 Å². The highest BCUT2D eigenvalue weighted by Crippen LogP contribution is 2.38.